The average Bonchev–Trinajstić information content (AvgIpc) is 2.64. The smallest absolute Gasteiger partial charge is 0.118 e. The minimum atomic E-state index is 0.867. The van der Waals surface area contributed by atoms with E-state index in [2.05, 4.69) is 36.2 Å². The van der Waals surface area contributed by atoms with E-state index in [1.165, 1.54) is 50.5 Å². The van der Waals surface area contributed by atoms with E-state index in [1.807, 2.05) is 30.5 Å². The standard InChI is InChI=1S/C22H29NO/c1-3-4-5-6-7-8-9-19-10-14-21(15-11-19)23-18-20-12-16-22(24-2)17-13-20/h10-18H,3-9H2,1-2H3. The van der Waals surface area contributed by atoms with Gasteiger partial charge in [0.15, 0.2) is 0 Å². The maximum absolute atomic E-state index is 5.16. The summed E-state index contributed by atoms with van der Waals surface area (Å²) in [5.41, 5.74) is 3.48. The van der Waals surface area contributed by atoms with Crippen LogP contribution in [0.15, 0.2) is 53.5 Å². The second kappa shape index (κ2) is 10.6. The molecule has 0 aliphatic heterocycles. The summed E-state index contributed by atoms with van der Waals surface area (Å²) in [4.78, 5) is 4.54. The minimum Gasteiger partial charge on any atom is -0.497 e. The molecule has 0 saturated heterocycles. The molecule has 2 aromatic carbocycles. The largest absolute Gasteiger partial charge is 0.497 e. The van der Waals surface area contributed by atoms with Gasteiger partial charge in [-0.3, -0.25) is 4.99 Å². The summed E-state index contributed by atoms with van der Waals surface area (Å²) in [6.07, 6.45) is 11.2. The Balaban J connectivity index is 1.77. The number of aryl methyl sites for hydroxylation is 1. The molecule has 2 rings (SSSR count). The SMILES string of the molecule is CCCCCCCCc1ccc(N=Cc2ccc(OC)cc2)cc1. The summed E-state index contributed by atoms with van der Waals surface area (Å²) in [6.45, 7) is 2.26. The van der Waals surface area contributed by atoms with Crippen molar-refractivity contribution >= 4 is 11.9 Å². The first-order valence-electron chi connectivity index (χ1n) is 9.09. The van der Waals surface area contributed by atoms with Crippen molar-refractivity contribution in [3.8, 4) is 5.75 Å². The molecule has 0 saturated carbocycles. The molecule has 2 heteroatoms. The van der Waals surface area contributed by atoms with Crippen molar-refractivity contribution in [2.75, 3.05) is 7.11 Å². The lowest BCUT2D eigenvalue weighted by atomic mass is 10.0. The molecule has 0 fully saturated rings. The van der Waals surface area contributed by atoms with Crippen LogP contribution in [-0.2, 0) is 6.42 Å². The maximum atomic E-state index is 5.16. The average molecular weight is 323 g/mol. The van der Waals surface area contributed by atoms with E-state index in [9.17, 15) is 0 Å². The zero-order chi connectivity index (χ0) is 17.0. The van der Waals surface area contributed by atoms with Crippen LogP contribution in [0.2, 0.25) is 0 Å². The van der Waals surface area contributed by atoms with Crippen LogP contribution in [0, 0.1) is 0 Å². The van der Waals surface area contributed by atoms with Gasteiger partial charge in [0.2, 0.25) is 0 Å². The van der Waals surface area contributed by atoms with Gasteiger partial charge in [-0.2, -0.15) is 0 Å². The van der Waals surface area contributed by atoms with Gasteiger partial charge in [-0.25, -0.2) is 0 Å². The third-order valence-corrected chi connectivity index (χ3v) is 4.23. The summed E-state index contributed by atoms with van der Waals surface area (Å²) < 4.78 is 5.16. The van der Waals surface area contributed by atoms with Crippen LogP contribution in [0.25, 0.3) is 0 Å². The van der Waals surface area contributed by atoms with Gasteiger partial charge in [-0.05, 0) is 60.4 Å². The van der Waals surface area contributed by atoms with E-state index >= 15 is 0 Å². The molecule has 0 heterocycles. The van der Waals surface area contributed by atoms with E-state index in [0.29, 0.717) is 0 Å². The molecule has 0 unspecified atom stereocenters. The molecular weight excluding hydrogens is 294 g/mol. The lowest BCUT2D eigenvalue weighted by molar-refractivity contribution is 0.415. The Hall–Kier alpha value is -2.09. The number of aliphatic imine (C=N–C) groups is 1. The molecule has 0 amide bonds. The van der Waals surface area contributed by atoms with Crippen molar-refractivity contribution in [3.63, 3.8) is 0 Å². The minimum absolute atomic E-state index is 0.867. The van der Waals surface area contributed by atoms with E-state index in [-0.39, 0.29) is 0 Å². The van der Waals surface area contributed by atoms with Crippen molar-refractivity contribution in [1.82, 2.24) is 0 Å². The Bertz CT molecular complexity index is 599. The van der Waals surface area contributed by atoms with Gasteiger partial charge >= 0.3 is 0 Å². The first kappa shape index (κ1) is 18.3. The number of ether oxygens (including phenoxy) is 1. The van der Waals surface area contributed by atoms with Gasteiger partial charge < -0.3 is 4.74 Å². The Labute approximate surface area is 146 Å². The number of hydrogen-bond acceptors (Lipinski definition) is 2. The van der Waals surface area contributed by atoms with Gasteiger partial charge in [0, 0.05) is 6.21 Å². The van der Waals surface area contributed by atoms with E-state index in [1.54, 1.807) is 7.11 Å². The Morgan fingerprint density at radius 3 is 2.17 bits per heavy atom. The molecular formula is C22H29NO. The number of nitrogens with zero attached hydrogens (tertiary/aromatic N) is 1. The van der Waals surface area contributed by atoms with Crippen molar-refractivity contribution in [1.29, 1.82) is 0 Å². The number of unbranched alkanes of at least 4 members (excludes halogenated alkanes) is 5. The molecule has 0 radical (unpaired) electrons. The molecule has 0 N–H and O–H groups in total. The number of hydrogen-bond donors (Lipinski definition) is 0. The lowest BCUT2D eigenvalue weighted by Crippen LogP contribution is -1.86. The predicted octanol–water partition coefficient (Wildman–Crippen LogP) is 6.35. The Morgan fingerprint density at radius 1 is 0.833 bits per heavy atom. The lowest BCUT2D eigenvalue weighted by Gasteiger charge is -2.03. The third kappa shape index (κ3) is 6.57. The van der Waals surface area contributed by atoms with Crippen LogP contribution in [0.3, 0.4) is 0 Å². The zero-order valence-electron chi connectivity index (χ0n) is 15.0. The normalized spacial score (nSPS) is 11.1. The van der Waals surface area contributed by atoms with Gasteiger partial charge in [0.25, 0.3) is 0 Å². The molecule has 24 heavy (non-hydrogen) atoms. The van der Waals surface area contributed by atoms with Crippen LogP contribution in [-0.4, -0.2) is 13.3 Å². The molecule has 0 spiro atoms. The molecule has 0 aliphatic rings. The Morgan fingerprint density at radius 2 is 1.50 bits per heavy atom. The van der Waals surface area contributed by atoms with Gasteiger partial charge in [-0.1, -0.05) is 51.2 Å². The van der Waals surface area contributed by atoms with Crippen molar-refractivity contribution in [2.24, 2.45) is 4.99 Å². The topological polar surface area (TPSA) is 21.6 Å². The van der Waals surface area contributed by atoms with Gasteiger partial charge in [-0.15, -0.1) is 0 Å². The molecule has 2 nitrogen and oxygen atoms in total. The highest BCUT2D eigenvalue weighted by atomic mass is 16.5. The molecule has 0 aliphatic carbocycles. The van der Waals surface area contributed by atoms with Gasteiger partial charge in [0.05, 0.1) is 12.8 Å². The first-order chi connectivity index (χ1) is 11.8. The summed E-state index contributed by atoms with van der Waals surface area (Å²) in [5, 5.41) is 0. The highest BCUT2D eigenvalue weighted by Gasteiger charge is 1.96. The van der Waals surface area contributed by atoms with E-state index in [0.717, 1.165) is 17.0 Å². The molecule has 0 atom stereocenters. The van der Waals surface area contributed by atoms with Crippen LogP contribution < -0.4 is 4.74 Å². The summed E-state index contributed by atoms with van der Waals surface area (Å²) in [5.74, 6) is 0.867. The second-order valence-corrected chi connectivity index (χ2v) is 6.22. The van der Waals surface area contributed by atoms with Crippen molar-refractivity contribution in [3.05, 3.63) is 59.7 Å². The molecule has 128 valence electrons. The summed E-state index contributed by atoms with van der Waals surface area (Å²) in [6, 6.07) is 16.5. The monoisotopic (exact) mass is 323 g/mol. The number of benzene rings is 2. The van der Waals surface area contributed by atoms with Crippen LogP contribution in [0.1, 0.15) is 56.6 Å². The predicted molar refractivity (Wildman–Crippen MR) is 104 cm³/mol. The molecule has 0 bridgehead atoms. The quantitative estimate of drug-likeness (QED) is 0.369. The van der Waals surface area contributed by atoms with Crippen LogP contribution in [0.5, 0.6) is 5.75 Å². The fourth-order valence-corrected chi connectivity index (χ4v) is 2.70. The summed E-state index contributed by atoms with van der Waals surface area (Å²) in [7, 11) is 1.68. The van der Waals surface area contributed by atoms with Crippen molar-refractivity contribution < 1.29 is 4.74 Å². The molecule has 0 aromatic heterocycles. The van der Waals surface area contributed by atoms with E-state index < -0.39 is 0 Å². The summed E-state index contributed by atoms with van der Waals surface area (Å²) >= 11 is 0. The third-order valence-electron chi connectivity index (χ3n) is 4.23. The Kier molecular flexibility index (Phi) is 8.09. The molecule has 2 aromatic rings. The maximum Gasteiger partial charge on any atom is 0.118 e. The number of methoxy groups -OCH3 is 1. The van der Waals surface area contributed by atoms with Crippen molar-refractivity contribution in [2.45, 2.75) is 51.9 Å². The fraction of sp³-hybridized carbons (Fsp3) is 0.409. The van der Waals surface area contributed by atoms with E-state index in [4.69, 9.17) is 4.74 Å². The zero-order valence-corrected chi connectivity index (χ0v) is 15.0. The highest BCUT2D eigenvalue weighted by molar-refractivity contribution is 5.82. The van der Waals surface area contributed by atoms with Crippen LogP contribution in [0.4, 0.5) is 5.69 Å². The fourth-order valence-electron chi connectivity index (χ4n) is 2.70. The number of rotatable bonds is 10. The first-order valence-corrected chi connectivity index (χ1v) is 9.09. The van der Waals surface area contributed by atoms with Crippen LogP contribution >= 0.6 is 0 Å². The van der Waals surface area contributed by atoms with Gasteiger partial charge in [0.1, 0.15) is 5.75 Å². The second-order valence-electron chi connectivity index (χ2n) is 6.22. The highest BCUT2D eigenvalue weighted by Crippen LogP contribution is 2.16.